The van der Waals surface area contributed by atoms with Gasteiger partial charge in [0, 0.05) is 15.9 Å². The molecule has 0 aromatic carbocycles. The van der Waals surface area contributed by atoms with E-state index in [-0.39, 0.29) is 11.8 Å². The van der Waals surface area contributed by atoms with E-state index in [4.69, 9.17) is 0 Å². The molecular formula is C11H15BrN2OS. The van der Waals surface area contributed by atoms with Crippen molar-refractivity contribution in [1.82, 2.24) is 10.6 Å². The molecule has 2 N–H and O–H groups in total. The van der Waals surface area contributed by atoms with Gasteiger partial charge in [-0.05, 0) is 46.8 Å². The summed E-state index contributed by atoms with van der Waals surface area (Å²) >= 11 is 5.12. The summed E-state index contributed by atoms with van der Waals surface area (Å²) < 4.78 is 1.08. The SMILES string of the molecule is O=C(NCc1sccc1Br)C1CCCNC1. The molecule has 1 aliphatic heterocycles. The zero-order valence-corrected chi connectivity index (χ0v) is 11.4. The Morgan fingerprint density at radius 3 is 3.19 bits per heavy atom. The molecule has 1 saturated heterocycles. The van der Waals surface area contributed by atoms with Crippen molar-refractivity contribution in [3.8, 4) is 0 Å². The molecule has 16 heavy (non-hydrogen) atoms. The highest BCUT2D eigenvalue weighted by molar-refractivity contribution is 9.10. The molecule has 0 saturated carbocycles. The summed E-state index contributed by atoms with van der Waals surface area (Å²) in [5.41, 5.74) is 0. The zero-order chi connectivity index (χ0) is 11.4. The Morgan fingerprint density at radius 1 is 1.69 bits per heavy atom. The Bertz CT molecular complexity index is 361. The third-order valence-corrected chi connectivity index (χ3v) is 4.71. The smallest absolute Gasteiger partial charge is 0.224 e. The summed E-state index contributed by atoms with van der Waals surface area (Å²) in [7, 11) is 0. The number of thiophene rings is 1. The van der Waals surface area contributed by atoms with Gasteiger partial charge < -0.3 is 10.6 Å². The van der Waals surface area contributed by atoms with E-state index >= 15 is 0 Å². The van der Waals surface area contributed by atoms with E-state index in [9.17, 15) is 4.79 Å². The fourth-order valence-electron chi connectivity index (χ4n) is 1.84. The lowest BCUT2D eigenvalue weighted by molar-refractivity contribution is -0.125. The lowest BCUT2D eigenvalue weighted by atomic mass is 9.99. The van der Waals surface area contributed by atoms with Crippen LogP contribution in [0.25, 0.3) is 0 Å². The number of carbonyl (C=O) groups is 1. The van der Waals surface area contributed by atoms with Crippen LogP contribution >= 0.6 is 27.3 Å². The van der Waals surface area contributed by atoms with Crippen molar-refractivity contribution in [2.75, 3.05) is 13.1 Å². The molecule has 2 heterocycles. The lowest BCUT2D eigenvalue weighted by Gasteiger charge is -2.21. The van der Waals surface area contributed by atoms with Gasteiger partial charge in [0.1, 0.15) is 0 Å². The Morgan fingerprint density at radius 2 is 2.56 bits per heavy atom. The number of rotatable bonds is 3. The first-order valence-electron chi connectivity index (χ1n) is 5.47. The van der Waals surface area contributed by atoms with E-state index in [0.29, 0.717) is 6.54 Å². The highest BCUT2D eigenvalue weighted by Crippen LogP contribution is 2.22. The second-order valence-electron chi connectivity index (χ2n) is 3.95. The second kappa shape index (κ2) is 5.80. The normalized spacial score (nSPS) is 20.7. The molecule has 0 spiro atoms. The third-order valence-electron chi connectivity index (χ3n) is 2.78. The first-order valence-corrected chi connectivity index (χ1v) is 7.15. The Hall–Kier alpha value is -0.390. The first-order chi connectivity index (χ1) is 7.77. The van der Waals surface area contributed by atoms with Gasteiger partial charge in [0.2, 0.25) is 5.91 Å². The van der Waals surface area contributed by atoms with E-state index < -0.39 is 0 Å². The van der Waals surface area contributed by atoms with Crippen molar-refractivity contribution in [2.45, 2.75) is 19.4 Å². The monoisotopic (exact) mass is 302 g/mol. The Balaban J connectivity index is 1.81. The maximum Gasteiger partial charge on any atom is 0.224 e. The number of amides is 1. The van der Waals surface area contributed by atoms with Crippen molar-refractivity contribution in [3.05, 3.63) is 20.8 Å². The molecule has 0 aliphatic carbocycles. The average Bonchev–Trinajstić information content (AvgIpc) is 2.73. The molecule has 1 aromatic heterocycles. The van der Waals surface area contributed by atoms with Gasteiger partial charge in [0.15, 0.2) is 0 Å². The van der Waals surface area contributed by atoms with Gasteiger partial charge in [0.05, 0.1) is 12.5 Å². The van der Waals surface area contributed by atoms with E-state index in [2.05, 4.69) is 26.6 Å². The average molecular weight is 303 g/mol. The van der Waals surface area contributed by atoms with E-state index in [1.54, 1.807) is 11.3 Å². The van der Waals surface area contributed by atoms with Gasteiger partial charge >= 0.3 is 0 Å². The summed E-state index contributed by atoms with van der Waals surface area (Å²) in [5.74, 6) is 0.319. The molecule has 0 radical (unpaired) electrons. The Kier molecular flexibility index (Phi) is 4.37. The predicted molar refractivity (Wildman–Crippen MR) is 69.5 cm³/mol. The van der Waals surface area contributed by atoms with Crippen molar-refractivity contribution in [2.24, 2.45) is 5.92 Å². The number of piperidine rings is 1. The fourth-order valence-corrected chi connectivity index (χ4v) is 3.27. The maximum absolute atomic E-state index is 11.8. The number of carbonyl (C=O) groups excluding carboxylic acids is 1. The van der Waals surface area contributed by atoms with Crippen molar-refractivity contribution >= 4 is 33.2 Å². The number of nitrogens with one attached hydrogen (secondary N) is 2. The third kappa shape index (κ3) is 3.06. The molecule has 1 aromatic rings. The van der Waals surface area contributed by atoms with Crippen LogP contribution in [0.3, 0.4) is 0 Å². The highest BCUT2D eigenvalue weighted by atomic mass is 79.9. The van der Waals surface area contributed by atoms with Crippen molar-refractivity contribution in [3.63, 3.8) is 0 Å². The van der Waals surface area contributed by atoms with Gasteiger partial charge in [-0.15, -0.1) is 11.3 Å². The van der Waals surface area contributed by atoms with Crippen LogP contribution in [0.1, 0.15) is 17.7 Å². The first kappa shape index (κ1) is 12.1. The minimum absolute atomic E-state index is 0.146. The molecule has 1 unspecified atom stereocenters. The molecule has 2 rings (SSSR count). The van der Waals surface area contributed by atoms with Crippen LogP contribution in [0, 0.1) is 5.92 Å². The zero-order valence-electron chi connectivity index (χ0n) is 8.96. The minimum atomic E-state index is 0.146. The van der Waals surface area contributed by atoms with Crippen molar-refractivity contribution in [1.29, 1.82) is 0 Å². The summed E-state index contributed by atoms with van der Waals surface area (Å²) in [6.45, 7) is 2.49. The van der Waals surface area contributed by atoms with Gasteiger partial charge in [-0.2, -0.15) is 0 Å². The summed E-state index contributed by atoms with van der Waals surface area (Å²) in [4.78, 5) is 13.0. The number of halogens is 1. The van der Waals surface area contributed by atoms with Crippen LogP contribution in [0.2, 0.25) is 0 Å². The second-order valence-corrected chi connectivity index (χ2v) is 5.81. The predicted octanol–water partition coefficient (Wildman–Crippen LogP) is 2.13. The van der Waals surface area contributed by atoms with Crippen LogP contribution in [0.4, 0.5) is 0 Å². The van der Waals surface area contributed by atoms with Gasteiger partial charge in [-0.3, -0.25) is 4.79 Å². The van der Waals surface area contributed by atoms with Gasteiger partial charge in [-0.25, -0.2) is 0 Å². The summed E-state index contributed by atoms with van der Waals surface area (Å²) in [6.07, 6.45) is 2.10. The quantitative estimate of drug-likeness (QED) is 0.898. The Labute approximate surface area is 108 Å². The van der Waals surface area contributed by atoms with E-state index in [0.717, 1.165) is 30.4 Å². The topological polar surface area (TPSA) is 41.1 Å². The van der Waals surface area contributed by atoms with Crippen molar-refractivity contribution < 1.29 is 4.79 Å². The van der Waals surface area contributed by atoms with Crippen LogP contribution in [0.15, 0.2) is 15.9 Å². The van der Waals surface area contributed by atoms with Gasteiger partial charge in [-0.1, -0.05) is 0 Å². The van der Waals surface area contributed by atoms with E-state index in [1.165, 1.54) is 4.88 Å². The van der Waals surface area contributed by atoms with E-state index in [1.807, 2.05) is 11.4 Å². The van der Waals surface area contributed by atoms with Crippen LogP contribution < -0.4 is 10.6 Å². The van der Waals surface area contributed by atoms with Crippen LogP contribution in [0.5, 0.6) is 0 Å². The molecule has 88 valence electrons. The fraction of sp³-hybridized carbons (Fsp3) is 0.545. The lowest BCUT2D eigenvalue weighted by Crippen LogP contribution is -2.40. The molecule has 0 bridgehead atoms. The largest absolute Gasteiger partial charge is 0.351 e. The number of hydrogen-bond acceptors (Lipinski definition) is 3. The summed E-state index contributed by atoms with van der Waals surface area (Å²) in [5, 5.41) is 8.27. The molecule has 1 fully saturated rings. The molecule has 1 aliphatic rings. The minimum Gasteiger partial charge on any atom is -0.351 e. The van der Waals surface area contributed by atoms with Crippen LogP contribution in [-0.4, -0.2) is 19.0 Å². The molecule has 5 heteroatoms. The molecule has 1 atom stereocenters. The highest BCUT2D eigenvalue weighted by Gasteiger charge is 2.20. The van der Waals surface area contributed by atoms with Gasteiger partial charge in [0.25, 0.3) is 0 Å². The molecular weight excluding hydrogens is 288 g/mol. The van der Waals surface area contributed by atoms with Crippen LogP contribution in [-0.2, 0) is 11.3 Å². The standard InChI is InChI=1S/C11H15BrN2OS/c12-9-3-5-16-10(9)7-14-11(15)8-2-1-4-13-6-8/h3,5,8,13H,1-2,4,6-7H2,(H,14,15). The summed E-state index contributed by atoms with van der Waals surface area (Å²) in [6, 6.07) is 2.01. The number of hydrogen-bond donors (Lipinski definition) is 2. The molecule has 1 amide bonds. The molecule has 3 nitrogen and oxygen atoms in total. The maximum atomic E-state index is 11.8.